The van der Waals surface area contributed by atoms with Crippen LogP contribution in [0.3, 0.4) is 0 Å². The maximum Gasteiger partial charge on any atom is 0.127 e. The first-order chi connectivity index (χ1) is 8.00. The van der Waals surface area contributed by atoms with Crippen molar-refractivity contribution in [3.8, 4) is 10.6 Å². The molecule has 0 amide bonds. The summed E-state index contributed by atoms with van der Waals surface area (Å²) in [6.45, 7) is 1.61. The molecule has 0 N–H and O–H groups in total. The van der Waals surface area contributed by atoms with E-state index in [9.17, 15) is 9.90 Å². The van der Waals surface area contributed by atoms with Gasteiger partial charge in [0.15, 0.2) is 0 Å². The van der Waals surface area contributed by atoms with Gasteiger partial charge in [-0.25, -0.2) is 4.98 Å². The summed E-state index contributed by atoms with van der Waals surface area (Å²) in [5.41, 5.74) is 0.956. The smallest absolute Gasteiger partial charge is 0.127 e. The highest BCUT2D eigenvalue weighted by molar-refractivity contribution is 7.17. The maximum absolute atomic E-state index is 10.8. The molecule has 0 bridgehead atoms. The summed E-state index contributed by atoms with van der Waals surface area (Å²) in [6, 6.07) is 5.07. The van der Waals surface area contributed by atoms with Crippen molar-refractivity contribution >= 4 is 40.5 Å². The zero-order valence-electron chi connectivity index (χ0n) is 8.66. The van der Waals surface area contributed by atoms with Gasteiger partial charge in [-0.2, -0.15) is 0 Å². The number of carboxylic acid groups (broad SMARTS) is 1. The molecule has 0 spiro atoms. The first-order valence-corrected chi connectivity index (χ1v) is 6.21. The summed E-state index contributed by atoms with van der Waals surface area (Å²) >= 11 is 13.1. The van der Waals surface area contributed by atoms with Crippen LogP contribution in [0.1, 0.15) is 15.4 Å². The van der Waals surface area contributed by atoms with Crippen LogP contribution >= 0.6 is 34.5 Å². The van der Waals surface area contributed by atoms with Crippen molar-refractivity contribution in [1.29, 1.82) is 0 Å². The van der Waals surface area contributed by atoms with Crippen molar-refractivity contribution in [3.63, 3.8) is 0 Å². The third-order valence-electron chi connectivity index (χ3n) is 2.16. The van der Waals surface area contributed by atoms with E-state index in [4.69, 9.17) is 23.2 Å². The molecule has 88 valence electrons. The van der Waals surface area contributed by atoms with E-state index in [2.05, 4.69) is 4.98 Å². The third-order valence-corrected chi connectivity index (χ3v) is 3.94. The van der Waals surface area contributed by atoms with Gasteiger partial charge in [0.1, 0.15) is 5.01 Å². The number of nitrogens with zero attached hydrogens (tertiary/aromatic N) is 1. The number of aromatic carboxylic acids is 1. The molecule has 0 saturated heterocycles. The standard InChI is InChI=1S/C11H7Cl2NO2S/c1-5-9(11(15)16)17-10(14-5)8-6(12)3-2-4-7(8)13/h2-4H,1H3,(H,15,16)/p-1. The molecule has 6 heteroatoms. The second-order valence-electron chi connectivity index (χ2n) is 3.32. The molecule has 2 rings (SSSR count). The Morgan fingerprint density at radius 3 is 2.41 bits per heavy atom. The van der Waals surface area contributed by atoms with Gasteiger partial charge in [0.05, 0.1) is 26.6 Å². The summed E-state index contributed by atoms with van der Waals surface area (Å²) < 4.78 is 0. The highest BCUT2D eigenvalue weighted by atomic mass is 35.5. The second kappa shape index (κ2) is 4.64. The summed E-state index contributed by atoms with van der Waals surface area (Å²) in [5, 5.41) is 12.2. The fraction of sp³-hybridized carbons (Fsp3) is 0.0909. The SMILES string of the molecule is Cc1nc(-c2c(Cl)cccc2Cl)sc1C(=O)[O-]. The quantitative estimate of drug-likeness (QED) is 0.853. The van der Waals surface area contributed by atoms with Crippen molar-refractivity contribution in [3.05, 3.63) is 38.8 Å². The lowest BCUT2D eigenvalue weighted by Crippen LogP contribution is -2.21. The third kappa shape index (κ3) is 2.29. The molecular weight excluding hydrogens is 281 g/mol. The predicted octanol–water partition coefficient (Wildman–Crippen LogP) is 2.79. The molecule has 0 aliphatic carbocycles. The molecule has 0 unspecified atom stereocenters. The molecule has 0 fully saturated rings. The first-order valence-electron chi connectivity index (χ1n) is 4.64. The van der Waals surface area contributed by atoms with Gasteiger partial charge in [-0.1, -0.05) is 29.3 Å². The van der Waals surface area contributed by atoms with E-state index in [1.54, 1.807) is 25.1 Å². The zero-order chi connectivity index (χ0) is 12.6. The molecule has 1 aromatic carbocycles. The summed E-state index contributed by atoms with van der Waals surface area (Å²) in [5.74, 6) is -1.24. The van der Waals surface area contributed by atoms with Gasteiger partial charge >= 0.3 is 0 Å². The topological polar surface area (TPSA) is 53.0 Å². The minimum Gasteiger partial charge on any atom is -0.544 e. The van der Waals surface area contributed by atoms with Crippen molar-refractivity contribution in [2.75, 3.05) is 0 Å². The lowest BCUT2D eigenvalue weighted by molar-refractivity contribution is -0.254. The monoisotopic (exact) mass is 286 g/mol. The Hall–Kier alpha value is -1.10. The van der Waals surface area contributed by atoms with Crippen LogP contribution in [0.15, 0.2) is 18.2 Å². The van der Waals surface area contributed by atoms with E-state index < -0.39 is 5.97 Å². The number of halogens is 2. The van der Waals surface area contributed by atoms with Gasteiger partial charge in [-0.15, -0.1) is 11.3 Å². The Morgan fingerprint density at radius 2 is 1.94 bits per heavy atom. The lowest BCUT2D eigenvalue weighted by Gasteiger charge is -2.02. The minimum atomic E-state index is -1.24. The molecule has 0 saturated carbocycles. The highest BCUT2D eigenvalue weighted by Crippen LogP contribution is 2.37. The van der Waals surface area contributed by atoms with Gasteiger partial charge in [-0.05, 0) is 19.1 Å². The molecule has 17 heavy (non-hydrogen) atoms. The molecular formula is C11H6Cl2NO2S-. The van der Waals surface area contributed by atoms with Crippen molar-refractivity contribution in [1.82, 2.24) is 4.98 Å². The molecule has 1 heterocycles. The number of aryl methyl sites for hydroxylation is 1. The summed E-state index contributed by atoms with van der Waals surface area (Å²) in [7, 11) is 0. The van der Waals surface area contributed by atoms with Gasteiger partial charge in [0.2, 0.25) is 0 Å². The van der Waals surface area contributed by atoms with Crippen LogP contribution in [-0.4, -0.2) is 11.0 Å². The fourth-order valence-electron chi connectivity index (χ4n) is 1.39. The first kappa shape index (κ1) is 12.4. The number of carbonyl (C=O) groups excluding carboxylic acids is 1. The van der Waals surface area contributed by atoms with Crippen LogP contribution in [0.2, 0.25) is 10.0 Å². The average molecular weight is 287 g/mol. The van der Waals surface area contributed by atoms with Crippen molar-refractivity contribution in [2.24, 2.45) is 0 Å². The molecule has 3 nitrogen and oxygen atoms in total. The van der Waals surface area contributed by atoms with Gasteiger partial charge in [-0.3, -0.25) is 0 Å². The van der Waals surface area contributed by atoms with E-state index in [-0.39, 0.29) is 4.88 Å². The van der Waals surface area contributed by atoms with Crippen LogP contribution < -0.4 is 5.11 Å². The Balaban J connectivity index is 2.62. The maximum atomic E-state index is 10.8. The number of aromatic nitrogens is 1. The Kier molecular flexibility index (Phi) is 3.38. The number of hydrogen-bond donors (Lipinski definition) is 0. The van der Waals surface area contributed by atoms with Gasteiger partial charge in [0, 0.05) is 5.56 Å². The number of thiazole rings is 1. The van der Waals surface area contributed by atoms with Crippen LogP contribution in [0.5, 0.6) is 0 Å². The highest BCUT2D eigenvalue weighted by Gasteiger charge is 2.15. The molecule has 0 radical (unpaired) electrons. The van der Waals surface area contributed by atoms with Crippen LogP contribution in [0, 0.1) is 6.92 Å². The fourth-order valence-corrected chi connectivity index (χ4v) is 3.06. The van der Waals surface area contributed by atoms with E-state index in [0.717, 1.165) is 11.3 Å². The number of rotatable bonds is 2. The largest absolute Gasteiger partial charge is 0.544 e. The molecule has 0 atom stereocenters. The number of benzene rings is 1. The Labute approximate surface area is 112 Å². The molecule has 2 aromatic rings. The number of carboxylic acids is 1. The van der Waals surface area contributed by atoms with Gasteiger partial charge in [0.25, 0.3) is 0 Å². The lowest BCUT2D eigenvalue weighted by atomic mass is 10.2. The molecule has 0 aliphatic rings. The molecule has 1 aromatic heterocycles. The van der Waals surface area contributed by atoms with E-state index >= 15 is 0 Å². The zero-order valence-corrected chi connectivity index (χ0v) is 11.0. The number of hydrogen-bond acceptors (Lipinski definition) is 4. The molecule has 0 aliphatic heterocycles. The van der Waals surface area contributed by atoms with Crippen LogP contribution in [-0.2, 0) is 0 Å². The van der Waals surface area contributed by atoms with E-state index in [0.29, 0.717) is 26.3 Å². The second-order valence-corrected chi connectivity index (χ2v) is 5.13. The van der Waals surface area contributed by atoms with E-state index in [1.165, 1.54) is 0 Å². The van der Waals surface area contributed by atoms with E-state index in [1.807, 2.05) is 0 Å². The summed E-state index contributed by atoms with van der Waals surface area (Å²) in [6.07, 6.45) is 0. The Morgan fingerprint density at radius 1 is 1.35 bits per heavy atom. The predicted molar refractivity (Wildman–Crippen MR) is 66.6 cm³/mol. The average Bonchev–Trinajstić information content (AvgIpc) is 2.60. The Bertz CT molecular complexity index is 575. The normalized spacial score (nSPS) is 10.5. The van der Waals surface area contributed by atoms with Crippen molar-refractivity contribution < 1.29 is 9.90 Å². The minimum absolute atomic E-state index is 0.0935. The summed E-state index contributed by atoms with van der Waals surface area (Å²) in [4.78, 5) is 15.1. The number of carbonyl (C=O) groups is 1. The van der Waals surface area contributed by atoms with Crippen LogP contribution in [0.4, 0.5) is 0 Å². The van der Waals surface area contributed by atoms with Crippen molar-refractivity contribution in [2.45, 2.75) is 6.92 Å². The van der Waals surface area contributed by atoms with Gasteiger partial charge < -0.3 is 9.90 Å². The van der Waals surface area contributed by atoms with Crippen LogP contribution in [0.25, 0.3) is 10.6 Å².